The smallest absolute Gasteiger partial charge is 0.358 e. The van der Waals surface area contributed by atoms with Gasteiger partial charge in [0.25, 0.3) is 0 Å². The van der Waals surface area contributed by atoms with Crippen LogP contribution >= 0.6 is 0 Å². The zero-order valence-electron chi connectivity index (χ0n) is 18.7. The van der Waals surface area contributed by atoms with Crippen LogP contribution in [-0.2, 0) is 0 Å². The standard InChI is InChI=1S/C28H21BF2N4/c30-29(31)35-18-10-8-16-26(35)28(22-13-5-2-6-14-22)25-20-33-24(19-34-25)27(21-11-3-1-4-12-21)23-15-7-9-17-32-23/h1-20,33H/b27-24?,28-26-. The van der Waals surface area contributed by atoms with Gasteiger partial charge in [-0.1, -0.05) is 72.8 Å². The Morgan fingerprint density at radius 2 is 1.49 bits per heavy atom. The topological polar surface area (TPSA) is 40.5 Å². The normalized spacial score (nSPS) is 17.5. The van der Waals surface area contributed by atoms with Crippen LogP contribution in [0.25, 0.3) is 11.1 Å². The van der Waals surface area contributed by atoms with Crippen molar-refractivity contribution in [3.63, 3.8) is 0 Å². The molecule has 2 aliphatic heterocycles. The summed E-state index contributed by atoms with van der Waals surface area (Å²) >= 11 is 0. The Balaban J connectivity index is 1.62. The number of pyridine rings is 1. The number of hydrogen-bond acceptors (Lipinski definition) is 4. The SMILES string of the molecule is FB(F)N1C=CC=C/C1=C(/C1=CNC(=C(c2ccccc2)c2ccccn2)C=N1)c1ccccc1. The van der Waals surface area contributed by atoms with Crippen molar-refractivity contribution < 1.29 is 8.63 Å². The lowest BCUT2D eigenvalue weighted by Crippen LogP contribution is -2.28. The van der Waals surface area contributed by atoms with Crippen molar-refractivity contribution in [2.24, 2.45) is 4.99 Å². The van der Waals surface area contributed by atoms with E-state index in [4.69, 9.17) is 4.99 Å². The number of aliphatic imine (C=N–C) groups is 1. The van der Waals surface area contributed by atoms with Crippen LogP contribution in [-0.4, -0.2) is 23.4 Å². The lowest BCUT2D eigenvalue weighted by atomic mass is 9.95. The van der Waals surface area contributed by atoms with Gasteiger partial charge in [-0.3, -0.25) is 18.6 Å². The Kier molecular flexibility index (Phi) is 6.48. The van der Waals surface area contributed by atoms with E-state index in [2.05, 4.69) is 10.3 Å². The van der Waals surface area contributed by atoms with Crippen LogP contribution < -0.4 is 5.32 Å². The largest absolute Gasteiger partial charge is 0.677 e. The fourth-order valence-electron chi connectivity index (χ4n) is 4.05. The van der Waals surface area contributed by atoms with E-state index < -0.39 is 7.40 Å². The summed E-state index contributed by atoms with van der Waals surface area (Å²) in [6, 6.07) is 25.1. The number of halogens is 2. The molecule has 35 heavy (non-hydrogen) atoms. The van der Waals surface area contributed by atoms with Gasteiger partial charge in [0.05, 0.1) is 23.3 Å². The highest BCUT2D eigenvalue weighted by molar-refractivity contribution is 6.40. The molecule has 0 spiro atoms. The summed E-state index contributed by atoms with van der Waals surface area (Å²) in [5.41, 5.74) is 5.77. The maximum Gasteiger partial charge on any atom is 0.677 e. The van der Waals surface area contributed by atoms with Gasteiger partial charge >= 0.3 is 7.40 Å². The zero-order valence-corrected chi connectivity index (χ0v) is 18.7. The molecule has 0 bridgehead atoms. The molecule has 7 heteroatoms. The second-order valence-corrected chi connectivity index (χ2v) is 7.81. The van der Waals surface area contributed by atoms with Gasteiger partial charge < -0.3 is 10.1 Å². The molecular weight excluding hydrogens is 441 g/mol. The average molecular weight is 462 g/mol. The highest BCUT2D eigenvalue weighted by Gasteiger charge is 2.29. The van der Waals surface area contributed by atoms with Crippen LogP contribution in [0.3, 0.4) is 0 Å². The van der Waals surface area contributed by atoms with Crippen LogP contribution in [0.2, 0.25) is 0 Å². The van der Waals surface area contributed by atoms with Gasteiger partial charge in [-0.15, -0.1) is 0 Å². The molecule has 0 unspecified atom stereocenters. The maximum atomic E-state index is 13.9. The van der Waals surface area contributed by atoms with Gasteiger partial charge in [-0.25, -0.2) is 0 Å². The number of nitrogens with one attached hydrogen (secondary N) is 1. The summed E-state index contributed by atoms with van der Waals surface area (Å²) in [5.74, 6) is 0. The van der Waals surface area contributed by atoms with Crippen molar-refractivity contribution in [2.75, 3.05) is 0 Å². The molecule has 0 aliphatic carbocycles. The number of benzene rings is 2. The molecule has 3 heterocycles. The monoisotopic (exact) mass is 462 g/mol. The Labute approximate surface area is 203 Å². The van der Waals surface area contributed by atoms with Crippen LogP contribution in [0.1, 0.15) is 16.8 Å². The number of hydrogen-bond donors (Lipinski definition) is 1. The molecule has 4 nitrogen and oxygen atoms in total. The summed E-state index contributed by atoms with van der Waals surface area (Å²) < 4.78 is 27.8. The first-order valence-corrected chi connectivity index (χ1v) is 11.2. The van der Waals surface area contributed by atoms with Gasteiger partial charge in [0.15, 0.2) is 0 Å². The van der Waals surface area contributed by atoms with Crippen molar-refractivity contribution in [1.29, 1.82) is 0 Å². The minimum atomic E-state index is -2.68. The molecule has 1 N–H and O–H groups in total. The highest BCUT2D eigenvalue weighted by atomic mass is 19.2. The number of nitrogens with zero attached hydrogens (tertiary/aromatic N) is 3. The predicted octanol–water partition coefficient (Wildman–Crippen LogP) is 6.08. The molecule has 3 aromatic rings. The van der Waals surface area contributed by atoms with Gasteiger partial charge in [0.2, 0.25) is 0 Å². The Morgan fingerprint density at radius 1 is 0.800 bits per heavy atom. The molecule has 0 radical (unpaired) electrons. The molecule has 170 valence electrons. The number of rotatable bonds is 5. The van der Waals surface area contributed by atoms with Crippen LogP contribution in [0.5, 0.6) is 0 Å². The van der Waals surface area contributed by atoms with E-state index in [1.54, 1.807) is 36.8 Å². The van der Waals surface area contributed by atoms with Crippen molar-refractivity contribution in [1.82, 2.24) is 15.1 Å². The Morgan fingerprint density at radius 3 is 2.09 bits per heavy atom. The van der Waals surface area contributed by atoms with E-state index in [1.165, 1.54) is 6.20 Å². The minimum absolute atomic E-state index is 0.374. The fourth-order valence-corrected chi connectivity index (χ4v) is 4.05. The number of allylic oxidation sites excluding steroid dienone is 5. The van der Waals surface area contributed by atoms with E-state index in [0.717, 1.165) is 32.9 Å². The first-order chi connectivity index (χ1) is 17.2. The molecular formula is C28H21BF2N4. The summed E-state index contributed by atoms with van der Waals surface area (Å²) in [5, 5.41) is 3.35. The molecule has 2 aliphatic rings. The molecule has 2 aromatic carbocycles. The van der Waals surface area contributed by atoms with Gasteiger partial charge in [0.1, 0.15) is 0 Å². The van der Waals surface area contributed by atoms with Crippen molar-refractivity contribution in [3.05, 3.63) is 150 Å². The summed E-state index contributed by atoms with van der Waals surface area (Å²) in [7, 11) is -2.68. The summed E-state index contributed by atoms with van der Waals surface area (Å²) in [4.78, 5) is 10.2. The fraction of sp³-hybridized carbons (Fsp3) is 0. The Hall–Kier alpha value is -4.52. The predicted molar refractivity (Wildman–Crippen MR) is 138 cm³/mol. The maximum absolute atomic E-state index is 13.9. The van der Waals surface area contributed by atoms with Gasteiger partial charge in [-0.05, 0) is 41.6 Å². The lowest BCUT2D eigenvalue weighted by molar-refractivity contribution is 0.523. The molecule has 0 saturated carbocycles. The van der Waals surface area contributed by atoms with Gasteiger partial charge in [-0.2, -0.15) is 0 Å². The molecule has 1 aromatic heterocycles. The van der Waals surface area contributed by atoms with Crippen LogP contribution in [0.15, 0.2) is 138 Å². The Bertz CT molecular complexity index is 1330. The van der Waals surface area contributed by atoms with E-state index in [0.29, 0.717) is 17.0 Å². The van der Waals surface area contributed by atoms with Crippen LogP contribution in [0, 0.1) is 0 Å². The average Bonchev–Trinajstić information content (AvgIpc) is 2.92. The summed E-state index contributed by atoms with van der Waals surface area (Å²) in [6.45, 7) is 0. The summed E-state index contributed by atoms with van der Waals surface area (Å²) in [6.07, 6.45) is 11.6. The second kappa shape index (κ2) is 10.2. The van der Waals surface area contributed by atoms with Crippen molar-refractivity contribution in [2.45, 2.75) is 0 Å². The van der Waals surface area contributed by atoms with E-state index in [-0.39, 0.29) is 0 Å². The zero-order chi connectivity index (χ0) is 24.0. The second-order valence-electron chi connectivity index (χ2n) is 7.81. The van der Waals surface area contributed by atoms with E-state index >= 15 is 0 Å². The number of aromatic nitrogens is 1. The molecule has 5 rings (SSSR count). The molecule has 0 atom stereocenters. The van der Waals surface area contributed by atoms with Crippen molar-refractivity contribution in [3.8, 4) is 0 Å². The van der Waals surface area contributed by atoms with Crippen molar-refractivity contribution >= 4 is 24.8 Å². The first-order valence-electron chi connectivity index (χ1n) is 11.2. The van der Waals surface area contributed by atoms with Crippen LogP contribution in [0.4, 0.5) is 8.63 Å². The third kappa shape index (κ3) is 4.75. The minimum Gasteiger partial charge on any atom is -0.358 e. The van der Waals surface area contributed by atoms with Gasteiger partial charge in [0, 0.05) is 29.2 Å². The quantitative estimate of drug-likeness (QED) is 0.468. The lowest BCUT2D eigenvalue weighted by Gasteiger charge is -2.26. The highest BCUT2D eigenvalue weighted by Crippen LogP contribution is 2.34. The molecule has 0 amide bonds. The first kappa shape index (κ1) is 22.3. The van der Waals surface area contributed by atoms with E-state index in [1.807, 2.05) is 78.9 Å². The third-order valence-corrected chi connectivity index (χ3v) is 5.63. The van der Waals surface area contributed by atoms with E-state index in [9.17, 15) is 8.63 Å². The molecule has 0 fully saturated rings. The third-order valence-electron chi connectivity index (χ3n) is 5.63. The molecule has 0 saturated heterocycles.